The molecule has 0 heterocycles. The quantitative estimate of drug-likeness (QED) is 0.516. The Bertz CT molecular complexity index is 1160. The average molecular weight is 470 g/mol. The summed E-state index contributed by atoms with van der Waals surface area (Å²) in [7, 11) is -4.81. The summed E-state index contributed by atoms with van der Waals surface area (Å²) in [5.41, 5.74) is 1.08. The van der Waals surface area contributed by atoms with Crippen molar-refractivity contribution in [3.05, 3.63) is 54.1 Å². The van der Waals surface area contributed by atoms with E-state index >= 15 is 0 Å². The van der Waals surface area contributed by atoms with Gasteiger partial charge in [0.2, 0.25) is 20.0 Å². The number of nitrogens with one attached hydrogen (secondary N) is 2. The number of amides is 1. The van der Waals surface area contributed by atoms with Crippen molar-refractivity contribution in [2.45, 2.75) is 16.7 Å². The number of esters is 1. The van der Waals surface area contributed by atoms with E-state index in [4.69, 9.17) is 4.74 Å². The Hall–Kier alpha value is -2.80. The van der Waals surface area contributed by atoms with Crippen LogP contribution in [0.3, 0.4) is 0 Å². The number of ether oxygens (including phenoxy) is 1. The van der Waals surface area contributed by atoms with Crippen LogP contribution in [0.2, 0.25) is 0 Å². The number of carbonyl (C=O) groups is 2. The summed E-state index contributed by atoms with van der Waals surface area (Å²) in [5, 5.41) is 2.41. The standard InChI is InChI=1S/C19H23N3O7S2/c1-14-7-9-16(10-8-14)30(25,26)20-12-19(24)29-13-18(23)21-15-5-4-6-17(11-15)31(27,28)22(2)3/h4-11,20H,12-13H2,1-3H3,(H,21,23). The maximum atomic E-state index is 12.1. The normalized spacial score (nSPS) is 11.9. The van der Waals surface area contributed by atoms with E-state index in [2.05, 4.69) is 10.0 Å². The zero-order valence-electron chi connectivity index (χ0n) is 17.2. The molecule has 168 valence electrons. The molecule has 0 aromatic heterocycles. The molecule has 0 atom stereocenters. The minimum Gasteiger partial charge on any atom is -0.455 e. The molecule has 31 heavy (non-hydrogen) atoms. The highest BCUT2D eigenvalue weighted by Gasteiger charge is 2.19. The van der Waals surface area contributed by atoms with Gasteiger partial charge in [0.25, 0.3) is 5.91 Å². The second kappa shape index (κ2) is 10.0. The molecule has 2 rings (SSSR count). The molecule has 0 bridgehead atoms. The Labute approximate surface area is 181 Å². The zero-order chi connectivity index (χ0) is 23.2. The van der Waals surface area contributed by atoms with E-state index in [9.17, 15) is 26.4 Å². The van der Waals surface area contributed by atoms with Gasteiger partial charge in [0.05, 0.1) is 9.79 Å². The Balaban J connectivity index is 1.87. The van der Waals surface area contributed by atoms with Gasteiger partial charge >= 0.3 is 5.97 Å². The summed E-state index contributed by atoms with van der Waals surface area (Å²) in [6.45, 7) is 0.486. The fourth-order valence-electron chi connectivity index (χ4n) is 2.29. The smallest absolute Gasteiger partial charge is 0.321 e. The number of nitrogens with zero attached hydrogens (tertiary/aromatic N) is 1. The van der Waals surface area contributed by atoms with Crippen molar-refractivity contribution in [3.63, 3.8) is 0 Å². The fraction of sp³-hybridized carbons (Fsp3) is 0.263. The maximum absolute atomic E-state index is 12.1. The van der Waals surface area contributed by atoms with Crippen LogP contribution in [0.15, 0.2) is 58.3 Å². The molecule has 0 spiro atoms. The first kappa shape index (κ1) is 24.5. The molecule has 10 nitrogen and oxygen atoms in total. The second-order valence-electron chi connectivity index (χ2n) is 6.66. The molecule has 2 N–H and O–H groups in total. The number of aryl methyl sites for hydroxylation is 1. The molecule has 12 heteroatoms. The minimum atomic E-state index is -3.90. The lowest BCUT2D eigenvalue weighted by atomic mass is 10.2. The molecule has 2 aromatic rings. The van der Waals surface area contributed by atoms with Gasteiger partial charge in [-0.2, -0.15) is 4.72 Å². The van der Waals surface area contributed by atoms with Crippen LogP contribution >= 0.6 is 0 Å². The third kappa shape index (κ3) is 6.85. The largest absolute Gasteiger partial charge is 0.455 e. The Morgan fingerprint density at radius 3 is 2.23 bits per heavy atom. The zero-order valence-corrected chi connectivity index (χ0v) is 18.8. The monoisotopic (exact) mass is 469 g/mol. The molecule has 0 fully saturated rings. The van der Waals surface area contributed by atoms with Crippen LogP contribution in [-0.2, 0) is 34.4 Å². The summed E-state index contributed by atoms with van der Waals surface area (Å²) in [6, 6.07) is 11.6. The number of rotatable bonds is 9. The van der Waals surface area contributed by atoms with Gasteiger partial charge in [-0.05, 0) is 37.3 Å². The molecule has 0 aliphatic heterocycles. The van der Waals surface area contributed by atoms with Crippen molar-refractivity contribution in [3.8, 4) is 0 Å². The number of benzene rings is 2. The molecule has 0 saturated carbocycles. The fourth-order valence-corrected chi connectivity index (χ4v) is 4.21. The summed E-state index contributed by atoms with van der Waals surface area (Å²) < 4.78 is 56.5. The molecular formula is C19H23N3O7S2. The highest BCUT2D eigenvalue weighted by atomic mass is 32.2. The first-order chi connectivity index (χ1) is 14.4. The summed E-state index contributed by atoms with van der Waals surface area (Å²) in [6.07, 6.45) is 0. The minimum absolute atomic E-state index is 0.00352. The number of carbonyl (C=O) groups excluding carboxylic acids is 2. The number of anilines is 1. The lowest BCUT2D eigenvalue weighted by molar-refractivity contribution is -0.146. The van der Waals surface area contributed by atoms with E-state index in [0.29, 0.717) is 0 Å². The van der Waals surface area contributed by atoms with Crippen LogP contribution in [0.1, 0.15) is 5.56 Å². The van der Waals surface area contributed by atoms with Gasteiger partial charge in [0, 0.05) is 19.8 Å². The van der Waals surface area contributed by atoms with E-state index < -0.39 is 45.1 Å². The van der Waals surface area contributed by atoms with Gasteiger partial charge in [-0.3, -0.25) is 9.59 Å². The van der Waals surface area contributed by atoms with Gasteiger partial charge < -0.3 is 10.1 Å². The van der Waals surface area contributed by atoms with Crippen LogP contribution < -0.4 is 10.0 Å². The third-order valence-electron chi connectivity index (χ3n) is 4.00. The number of hydrogen-bond acceptors (Lipinski definition) is 7. The van der Waals surface area contributed by atoms with Crippen LogP contribution in [-0.4, -0.2) is 60.3 Å². The molecule has 0 aliphatic carbocycles. The topological polar surface area (TPSA) is 139 Å². The molecule has 2 aromatic carbocycles. The third-order valence-corrected chi connectivity index (χ3v) is 7.23. The number of hydrogen-bond donors (Lipinski definition) is 2. The Morgan fingerprint density at radius 2 is 1.61 bits per heavy atom. The van der Waals surface area contributed by atoms with Crippen LogP contribution in [0.25, 0.3) is 0 Å². The van der Waals surface area contributed by atoms with E-state index in [1.807, 2.05) is 6.92 Å². The second-order valence-corrected chi connectivity index (χ2v) is 10.6. The highest BCUT2D eigenvalue weighted by Crippen LogP contribution is 2.18. The van der Waals surface area contributed by atoms with E-state index in [1.54, 1.807) is 12.1 Å². The molecule has 0 unspecified atom stereocenters. The molecule has 0 aliphatic rings. The van der Waals surface area contributed by atoms with Gasteiger partial charge in [0.1, 0.15) is 6.54 Å². The molecule has 1 amide bonds. The molecule has 0 radical (unpaired) electrons. The predicted molar refractivity (Wildman–Crippen MR) is 113 cm³/mol. The van der Waals surface area contributed by atoms with Gasteiger partial charge in [-0.1, -0.05) is 23.8 Å². The van der Waals surface area contributed by atoms with Crippen LogP contribution in [0.5, 0.6) is 0 Å². The summed E-state index contributed by atoms with van der Waals surface area (Å²) in [5.74, 6) is -1.66. The highest BCUT2D eigenvalue weighted by molar-refractivity contribution is 7.89. The van der Waals surface area contributed by atoms with Crippen LogP contribution in [0, 0.1) is 6.92 Å². The Kier molecular flexibility index (Phi) is 7.90. The van der Waals surface area contributed by atoms with Crippen molar-refractivity contribution in [1.82, 2.24) is 9.03 Å². The average Bonchev–Trinajstić information content (AvgIpc) is 2.71. The van der Waals surface area contributed by atoms with Crippen molar-refractivity contribution < 1.29 is 31.2 Å². The van der Waals surface area contributed by atoms with Gasteiger partial charge in [-0.25, -0.2) is 21.1 Å². The van der Waals surface area contributed by atoms with Gasteiger partial charge in [0.15, 0.2) is 6.61 Å². The van der Waals surface area contributed by atoms with Crippen molar-refractivity contribution in [1.29, 1.82) is 0 Å². The molecular weight excluding hydrogens is 446 g/mol. The van der Waals surface area contributed by atoms with Gasteiger partial charge in [-0.15, -0.1) is 0 Å². The lowest BCUT2D eigenvalue weighted by Crippen LogP contribution is -2.32. The summed E-state index contributed by atoms with van der Waals surface area (Å²) >= 11 is 0. The van der Waals surface area contributed by atoms with E-state index in [-0.39, 0.29) is 15.5 Å². The van der Waals surface area contributed by atoms with E-state index in [1.165, 1.54) is 50.5 Å². The Morgan fingerprint density at radius 1 is 0.968 bits per heavy atom. The van der Waals surface area contributed by atoms with E-state index in [0.717, 1.165) is 9.87 Å². The maximum Gasteiger partial charge on any atom is 0.321 e. The van der Waals surface area contributed by atoms with Crippen molar-refractivity contribution in [2.24, 2.45) is 0 Å². The number of sulfonamides is 2. The summed E-state index contributed by atoms with van der Waals surface area (Å²) in [4.78, 5) is 23.7. The molecule has 0 saturated heterocycles. The first-order valence-corrected chi connectivity index (χ1v) is 11.9. The lowest BCUT2D eigenvalue weighted by Gasteiger charge is -2.13. The SMILES string of the molecule is Cc1ccc(S(=O)(=O)NCC(=O)OCC(=O)Nc2cccc(S(=O)(=O)N(C)C)c2)cc1. The predicted octanol–water partition coefficient (Wildman–Crippen LogP) is 0.706. The van der Waals surface area contributed by atoms with Crippen molar-refractivity contribution in [2.75, 3.05) is 32.6 Å². The first-order valence-electron chi connectivity index (χ1n) is 8.96. The van der Waals surface area contributed by atoms with Crippen LogP contribution in [0.4, 0.5) is 5.69 Å². The van der Waals surface area contributed by atoms with Crippen molar-refractivity contribution >= 4 is 37.6 Å².